The highest BCUT2D eigenvalue weighted by Gasteiger charge is 2.10. The molecular weight excluding hydrogens is 258 g/mol. The number of nitrogens with zero attached hydrogens (tertiary/aromatic N) is 1. The number of sulfonamides is 1. The molecule has 0 spiro atoms. The molecule has 0 unspecified atom stereocenters. The molecule has 1 rings (SSSR count). The van der Waals surface area contributed by atoms with E-state index in [0.717, 1.165) is 6.26 Å². The molecule has 0 saturated carbocycles. The van der Waals surface area contributed by atoms with E-state index in [4.69, 9.17) is 5.84 Å². The summed E-state index contributed by atoms with van der Waals surface area (Å²) in [7, 11) is -3.24. The molecule has 0 bridgehead atoms. The average molecular weight is 273 g/mol. The average Bonchev–Trinajstić information content (AvgIpc) is 2.33. The van der Waals surface area contributed by atoms with E-state index < -0.39 is 10.0 Å². The molecule has 0 aliphatic carbocycles. The summed E-state index contributed by atoms with van der Waals surface area (Å²) in [5.74, 6) is 4.88. The summed E-state index contributed by atoms with van der Waals surface area (Å²) in [6.45, 7) is 0.305. The third-order valence-electron chi connectivity index (χ3n) is 2.00. The van der Waals surface area contributed by atoms with Gasteiger partial charge in [-0.15, -0.1) is 0 Å². The van der Waals surface area contributed by atoms with Gasteiger partial charge in [0.15, 0.2) is 0 Å². The second-order valence-corrected chi connectivity index (χ2v) is 5.32. The molecule has 1 aromatic heterocycles. The third kappa shape index (κ3) is 4.65. The molecular formula is C9H15N5O3S. The van der Waals surface area contributed by atoms with E-state index in [0.29, 0.717) is 11.3 Å². The minimum absolute atomic E-state index is 0.126. The normalized spacial score (nSPS) is 11.0. The second kappa shape index (κ2) is 6.28. The molecule has 8 nitrogen and oxygen atoms in total. The number of nitrogen functional groups attached to an aromatic ring is 1. The molecule has 9 heteroatoms. The van der Waals surface area contributed by atoms with Gasteiger partial charge >= 0.3 is 0 Å². The Bertz CT molecular complexity index is 517. The third-order valence-corrected chi connectivity index (χ3v) is 2.72. The molecule has 0 radical (unpaired) electrons. The topological polar surface area (TPSA) is 126 Å². The zero-order chi connectivity index (χ0) is 13.6. The molecule has 0 atom stereocenters. The number of rotatable bonds is 6. The molecule has 0 aromatic carbocycles. The molecule has 1 amide bonds. The SMILES string of the molecule is CS(=O)(=O)NCCNC(=O)c1ccncc1NN. The highest BCUT2D eigenvalue weighted by Crippen LogP contribution is 2.10. The maximum Gasteiger partial charge on any atom is 0.253 e. The summed E-state index contributed by atoms with van der Waals surface area (Å²) < 4.78 is 23.8. The minimum atomic E-state index is -3.24. The molecule has 1 aromatic rings. The molecule has 100 valence electrons. The minimum Gasteiger partial charge on any atom is -0.351 e. The largest absolute Gasteiger partial charge is 0.351 e. The van der Waals surface area contributed by atoms with Crippen molar-refractivity contribution < 1.29 is 13.2 Å². The molecule has 0 aliphatic heterocycles. The van der Waals surface area contributed by atoms with Crippen LogP contribution in [0.3, 0.4) is 0 Å². The number of anilines is 1. The number of carbonyl (C=O) groups is 1. The van der Waals surface area contributed by atoms with Crippen LogP contribution in [0.5, 0.6) is 0 Å². The number of nitrogens with two attached hydrogens (primary N) is 1. The van der Waals surface area contributed by atoms with Crippen LogP contribution in [0.1, 0.15) is 10.4 Å². The van der Waals surface area contributed by atoms with E-state index in [1.54, 1.807) is 0 Å². The first-order valence-corrected chi connectivity index (χ1v) is 6.96. The summed E-state index contributed by atoms with van der Waals surface area (Å²) in [5.41, 5.74) is 3.09. The lowest BCUT2D eigenvalue weighted by atomic mass is 10.2. The van der Waals surface area contributed by atoms with E-state index in [-0.39, 0.29) is 19.0 Å². The van der Waals surface area contributed by atoms with Crippen LogP contribution in [0.4, 0.5) is 5.69 Å². The number of hydrogen-bond donors (Lipinski definition) is 4. The maximum absolute atomic E-state index is 11.7. The number of nitrogens with one attached hydrogen (secondary N) is 3. The van der Waals surface area contributed by atoms with Crippen molar-refractivity contribution in [2.45, 2.75) is 0 Å². The fraction of sp³-hybridized carbons (Fsp3) is 0.333. The van der Waals surface area contributed by atoms with E-state index in [1.165, 1.54) is 18.5 Å². The summed E-state index contributed by atoms with van der Waals surface area (Å²) in [4.78, 5) is 15.6. The van der Waals surface area contributed by atoms with Gasteiger partial charge in [-0.2, -0.15) is 0 Å². The van der Waals surface area contributed by atoms with Crippen molar-refractivity contribution in [3.63, 3.8) is 0 Å². The van der Waals surface area contributed by atoms with Crippen LogP contribution < -0.4 is 21.3 Å². The fourth-order valence-electron chi connectivity index (χ4n) is 1.22. The number of carbonyl (C=O) groups excluding carboxylic acids is 1. The Morgan fingerprint density at radius 2 is 2.17 bits per heavy atom. The van der Waals surface area contributed by atoms with Crippen LogP contribution in [0.15, 0.2) is 18.5 Å². The first-order valence-electron chi connectivity index (χ1n) is 5.07. The predicted octanol–water partition coefficient (Wildman–Crippen LogP) is -1.35. The van der Waals surface area contributed by atoms with Crippen molar-refractivity contribution >= 4 is 21.6 Å². The van der Waals surface area contributed by atoms with Crippen molar-refractivity contribution in [2.24, 2.45) is 5.84 Å². The van der Waals surface area contributed by atoms with Crippen molar-refractivity contribution in [3.05, 3.63) is 24.0 Å². The van der Waals surface area contributed by atoms with Crippen LogP contribution >= 0.6 is 0 Å². The number of hydrazine groups is 1. The Kier molecular flexibility index (Phi) is 5.01. The number of hydrogen-bond acceptors (Lipinski definition) is 6. The molecule has 0 aliphatic rings. The van der Waals surface area contributed by atoms with E-state index >= 15 is 0 Å². The Morgan fingerprint density at radius 1 is 1.44 bits per heavy atom. The quantitative estimate of drug-likeness (QED) is 0.288. The highest BCUT2D eigenvalue weighted by molar-refractivity contribution is 7.88. The Balaban J connectivity index is 2.51. The van der Waals surface area contributed by atoms with Gasteiger partial charge in [-0.05, 0) is 6.07 Å². The molecule has 0 saturated heterocycles. The predicted molar refractivity (Wildman–Crippen MR) is 67.2 cm³/mol. The van der Waals surface area contributed by atoms with E-state index in [2.05, 4.69) is 20.4 Å². The van der Waals surface area contributed by atoms with Crippen molar-refractivity contribution in [1.29, 1.82) is 0 Å². The van der Waals surface area contributed by atoms with Gasteiger partial charge in [0.25, 0.3) is 5.91 Å². The standard InChI is InChI=1S/C9H15N5O3S/c1-18(16,17)13-5-4-12-9(15)7-2-3-11-6-8(7)14-10/h2-3,6,13-14H,4-5,10H2,1H3,(H,12,15). The van der Waals surface area contributed by atoms with Gasteiger partial charge in [0.2, 0.25) is 10.0 Å². The zero-order valence-corrected chi connectivity index (χ0v) is 10.6. The van der Waals surface area contributed by atoms with Gasteiger partial charge in [0.05, 0.1) is 23.7 Å². The first kappa shape index (κ1) is 14.4. The Hall–Kier alpha value is -1.71. The summed E-state index contributed by atoms with van der Waals surface area (Å²) >= 11 is 0. The van der Waals surface area contributed by atoms with Gasteiger partial charge in [0.1, 0.15) is 0 Å². The molecule has 1 heterocycles. The lowest BCUT2D eigenvalue weighted by Gasteiger charge is -2.09. The maximum atomic E-state index is 11.7. The van der Waals surface area contributed by atoms with Gasteiger partial charge in [-0.1, -0.05) is 0 Å². The summed E-state index contributed by atoms with van der Waals surface area (Å²) in [5, 5.41) is 2.56. The van der Waals surface area contributed by atoms with E-state index in [9.17, 15) is 13.2 Å². The molecule has 5 N–H and O–H groups in total. The molecule has 18 heavy (non-hydrogen) atoms. The van der Waals surface area contributed by atoms with Crippen LogP contribution in [-0.4, -0.2) is 38.7 Å². The Morgan fingerprint density at radius 3 is 2.78 bits per heavy atom. The highest BCUT2D eigenvalue weighted by atomic mass is 32.2. The summed E-state index contributed by atoms with van der Waals surface area (Å²) in [6, 6.07) is 1.51. The number of aromatic nitrogens is 1. The van der Waals surface area contributed by atoms with Crippen molar-refractivity contribution in [2.75, 3.05) is 24.8 Å². The Labute approximate surface area is 105 Å². The second-order valence-electron chi connectivity index (χ2n) is 3.49. The van der Waals surface area contributed by atoms with Gasteiger partial charge in [-0.3, -0.25) is 15.6 Å². The zero-order valence-electron chi connectivity index (χ0n) is 9.80. The van der Waals surface area contributed by atoms with Gasteiger partial charge < -0.3 is 10.7 Å². The van der Waals surface area contributed by atoms with Crippen LogP contribution in [-0.2, 0) is 10.0 Å². The van der Waals surface area contributed by atoms with E-state index in [1.807, 2.05) is 0 Å². The lowest BCUT2D eigenvalue weighted by molar-refractivity contribution is 0.0955. The monoisotopic (exact) mass is 273 g/mol. The first-order chi connectivity index (χ1) is 8.44. The molecule has 0 fully saturated rings. The van der Waals surface area contributed by atoms with Gasteiger partial charge in [-0.25, -0.2) is 13.1 Å². The van der Waals surface area contributed by atoms with Crippen LogP contribution in [0.25, 0.3) is 0 Å². The number of amides is 1. The van der Waals surface area contributed by atoms with Gasteiger partial charge in [0, 0.05) is 19.3 Å². The van der Waals surface area contributed by atoms with Crippen LogP contribution in [0.2, 0.25) is 0 Å². The lowest BCUT2D eigenvalue weighted by Crippen LogP contribution is -2.34. The van der Waals surface area contributed by atoms with Crippen LogP contribution in [0, 0.1) is 0 Å². The smallest absolute Gasteiger partial charge is 0.253 e. The summed E-state index contributed by atoms with van der Waals surface area (Å²) in [6.07, 6.45) is 3.93. The van der Waals surface area contributed by atoms with Crippen molar-refractivity contribution in [3.8, 4) is 0 Å². The fourth-order valence-corrected chi connectivity index (χ4v) is 1.69. The number of pyridine rings is 1. The van der Waals surface area contributed by atoms with Crippen molar-refractivity contribution in [1.82, 2.24) is 15.0 Å².